The van der Waals surface area contributed by atoms with Gasteiger partial charge in [0.2, 0.25) is 0 Å². The maximum atomic E-state index is 12.1. The van der Waals surface area contributed by atoms with Crippen molar-refractivity contribution < 1.29 is 4.79 Å². The summed E-state index contributed by atoms with van der Waals surface area (Å²) in [5.41, 5.74) is 1.62. The predicted molar refractivity (Wildman–Crippen MR) is 88.0 cm³/mol. The number of aryl methyl sites for hydroxylation is 1. The molecule has 1 fully saturated rings. The molecule has 2 rings (SSSR count). The van der Waals surface area contributed by atoms with Crippen LogP contribution in [0.2, 0.25) is 5.02 Å². The van der Waals surface area contributed by atoms with Crippen molar-refractivity contribution in [3.63, 3.8) is 0 Å². The fraction of sp³-hybridized carbons (Fsp3) is 0.588. The minimum Gasteiger partial charge on any atom is -0.352 e. The van der Waals surface area contributed by atoms with Crippen LogP contribution in [0.5, 0.6) is 0 Å². The summed E-state index contributed by atoms with van der Waals surface area (Å²) in [6.45, 7) is 8.44. The van der Waals surface area contributed by atoms with Crippen LogP contribution < -0.4 is 5.32 Å². The summed E-state index contributed by atoms with van der Waals surface area (Å²) in [6.07, 6.45) is 3.58. The van der Waals surface area contributed by atoms with Gasteiger partial charge in [-0.25, -0.2) is 0 Å². The maximum Gasteiger partial charge on any atom is 0.252 e. The van der Waals surface area contributed by atoms with Crippen LogP contribution in [0.4, 0.5) is 0 Å². The zero-order chi connectivity index (χ0) is 15.2. The third-order valence-electron chi connectivity index (χ3n) is 4.18. The van der Waals surface area contributed by atoms with Gasteiger partial charge in [0, 0.05) is 6.54 Å². The van der Waals surface area contributed by atoms with Crippen molar-refractivity contribution >= 4 is 17.5 Å². The summed E-state index contributed by atoms with van der Waals surface area (Å²) in [5.74, 6) is 0.792. The fourth-order valence-corrected chi connectivity index (χ4v) is 2.90. The molecule has 1 aromatic carbocycles. The average Bonchev–Trinajstić information content (AvgIpc) is 2.47. The largest absolute Gasteiger partial charge is 0.352 e. The van der Waals surface area contributed by atoms with Gasteiger partial charge in [0.05, 0.1) is 10.6 Å². The molecule has 1 heterocycles. The fourth-order valence-electron chi connectivity index (χ4n) is 2.70. The number of hydrogen-bond donors (Lipinski definition) is 1. The van der Waals surface area contributed by atoms with Crippen molar-refractivity contribution in [2.24, 2.45) is 5.92 Å². The summed E-state index contributed by atoms with van der Waals surface area (Å²) in [6, 6.07) is 5.53. The number of nitrogens with zero attached hydrogens (tertiary/aromatic N) is 1. The second kappa shape index (κ2) is 7.81. The zero-order valence-corrected chi connectivity index (χ0v) is 13.7. The first kappa shape index (κ1) is 16.3. The van der Waals surface area contributed by atoms with E-state index in [9.17, 15) is 4.79 Å². The number of nitrogens with one attached hydrogen (secondary N) is 1. The third-order valence-corrected chi connectivity index (χ3v) is 4.51. The van der Waals surface area contributed by atoms with Crippen LogP contribution in [0.3, 0.4) is 0 Å². The van der Waals surface area contributed by atoms with E-state index in [0.29, 0.717) is 17.1 Å². The first-order chi connectivity index (χ1) is 10.1. The van der Waals surface area contributed by atoms with Crippen LogP contribution in [-0.2, 0) is 0 Å². The molecule has 1 aliphatic rings. The van der Waals surface area contributed by atoms with Crippen molar-refractivity contribution in [2.75, 3.05) is 26.2 Å². The highest BCUT2D eigenvalue weighted by molar-refractivity contribution is 6.33. The van der Waals surface area contributed by atoms with Gasteiger partial charge >= 0.3 is 0 Å². The first-order valence-electron chi connectivity index (χ1n) is 7.83. The molecule has 0 spiro atoms. The van der Waals surface area contributed by atoms with Crippen molar-refractivity contribution in [1.82, 2.24) is 10.2 Å². The van der Waals surface area contributed by atoms with Gasteiger partial charge in [-0.1, -0.05) is 30.2 Å². The molecule has 0 unspecified atom stereocenters. The highest BCUT2D eigenvalue weighted by atomic mass is 35.5. The number of carbonyl (C=O) groups is 1. The second-order valence-corrected chi connectivity index (χ2v) is 6.52. The Kier molecular flexibility index (Phi) is 6.07. The Morgan fingerprint density at radius 1 is 1.38 bits per heavy atom. The van der Waals surface area contributed by atoms with E-state index in [4.69, 9.17) is 11.6 Å². The lowest BCUT2D eigenvalue weighted by molar-refractivity contribution is 0.0950. The monoisotopic (exact) mass is 308 g/mol. The molecule has 0 radical (unpaired) electrons. The molecule has 0 bridgehead atoms. The Bertz CT molecular complexity index is 482. The van der Waals surface area contributed by atoms with Gasteiger partial charge in [-0.3, -0.25) is 4.79 Å². The molecule has 21 heavy (non-hydrogen) atoms. The number of amides is 1. The quantitative estimate of drug-likeness (QED) is 0.844. The number of likely N-dealkylation sites (tertiary alicyclic amines) is 1. The van der Waals surface area contributed by atoms with E-state index in [0.717, 1.165) is 24.4 Å². The van der Waals surface area contributed by atoms with E-state index in [1.165, 1.54) is 25.9 Å². The third kappa shape index (κ3) is 5.01. The second-order valence-electron chi connectivity index (χ2n) is 6.12. The van der Waals surface area contributed by atoms with Gasteiger partial charge in [-0.2, -0.15) is 0 Å². The molecule has 116 valence electrons. The summed E-state index contributed by atoms with van der Waals surface area (Å²) in [4.78, 5) is 14.6. The van der Waals surface area contributed by atoms with Crippen LogP contribution in [0, 0.1) is 12.8 Å². The molecule has 1 N–H and O–H groups in total. The van der Waals surface area contributed by atoms with Crippen LogP contribution >= 0.6 is 11.6 Å². The number of benzene rings is 1. The average molecular weight is 309 g/mol. The van der Waals surface area contributed by atoms with Crippen molar-refractivity contribution in [1.29, 1.82) is 0 Å². The molecule has 1 saturated heterocycles. The van der Waals surface area contributed by atoms with E-state index >= 15 is 0 Å². The molecular formula is C17H25ClN2O. The van der Waals surface area contributed by atoms with Crippen molar-refractivity contribution in [3.05, 3.63) is 34.3 Å². The number of carbonyl (C=O) groups excluding carboxylic acids is 1. The SMILES string of the molecule is Cc1ccc(Cl)c(C(=O)NCCCN2CCC(C)CC2)c1. The molecule has 3 nitrogen and oxygen atoms in total. The lowest BCUT2D eigenvalue weighted by Gasteiger charge is -2.30. The highest BCUT2D eigenvalue weighted by Crippen LogP contribution is 2.17. The van der Waals surface area contributed by atoms with Crippen LogP contribution in [-0.4, -0.2) is 37.0 Å². The topological polar surface area (TPSA) is 32.3 Å². The van der Waals surface area contributed by atoms with Crippen LogP contribution in [0.15, 0.2) is 18.2 Å². The molecule has 1 aromatic rings. The minimum absolute atomic E-state index is 0.0732. The lowest BCUT2D eigenvalue weighted by Crippen LogP contribution is -2.35. The van der Waals surface area contributed by atoms with E-state index in [1.54, 1.807) is 6.07 Å². The predicted octanol–water partition coefficient (Wildman–Crippen LogP) is 3.50. The lowest BCUT2D eigenvalue weighted by atomic mass is 9.99. The Labute approximate surface area is 132 Å². The van der Waals surface area contributed by atoms with Gasteiger partial charge in [0.25, 0.3) is 5.91 Å². The molecule has 0 aliphatic carbocycles. The number of hydrogen-bond acceptors (Lipinski definition) is 2. The molecule has 0 aromatic heterocycles. The van der Waals surface area contributed by atoms with Gasteiger partial charge in [-0.15, -0.1) is 0 Å². The van der Waals surface area contributed by atoms with E-state index in [-0.39, 0.29) is 5.91 Å². The molecule has 1 amide bonds. The Balaban J connectivity index is 1.71. The number of piperidine rings is 1. The zero-order valence-electron chi connectivity index (χ0n) is 13.0. The van der Waals surface area contributed by atoms with Crippen molar-refractivity contribution in [2.45, 2.75) is 33.1 Å². The molecular weight excluding hydrogens is 284 g/mol. The molecule has 1 aliphatic heterocycles. The smallest absolute Gasteiger partial charge is 0.252 e. The van der Waals surface area contributed by atoms with E-state index in [1.807, 2.05) is 19.1 Å². The normalized spacial score (nSPS) is 16.9. The van der Waals surface area contributed by atoms with Gasteiger partial charge in [-0.05, 0) is 63.9 Å². The van der Waals surface area contributed by atoms with E-state index in [2.05, 4.69) is 17.1 Å². The molecule has 0 atom stereocenters. The molecule has 0 saturated carbocycles. The van der Waals surface area contributed by atoms with Gasteiger partial charge in [0.1, 0.15) is 0 Å². The van der Waals surface area contributed by atoms with Crippen molar-refractivity contribution in [3.8, 4) is 0 Å². The van der Waals surface area contributed by atoms with Gasteiger partial charge < -0.3 is 10.2 Å². The summed E-state index contributed by atoms with van der Waals surface area (Å²) >= 11 is 6.07. The Morgan fingerprint density at radius 3 is 2.81 bits per heavy atom. The maximum absolute atomic E-state index is 12.1. The summed E-state index contributed by atoms with van der Waals surface area (Å²) < 4.78 is 0. The van der Waals surface area contributed by atoms with Crippen LogP contribution in [0.1, 0.15) is 42.1 Å². The standard InChI is InChI=1S/C17H25ClN2O/c1-13-6-10-20(11-7-13)9-3-8-19-17(21)15-12-14(2)4-5-16(15)18/h4-5,12-13H,3,6-11H2,1-2H3,(H,19,21). The Hall–Kier alpha value is -1.06. The van der Waals surface area contributed by atoms with Crippen LogP contribution in [0.25, 0.3) is 0 Å². The van der Waals surface area contributed by atoms with Gasteiger partial charge in [0.15, 0.2) is 0 Å². The first-order valence-corrected chi connectivity index (χ1v) is 8.21. The summed E-state index contributed by atoms with van der Waals surface area (Å²) in [7, 11) is 0. The Morgan fingerprint density at radius 2 is 2.10 bits per heavy atom. The summed E-state index contributed by atoms with van der Waals surface area (Å²) in [5, 5.41) is 3.48. The highest BCUT2D eigenvalue weighted by Gasteiger charge is 2.15. The number of rotatable bonds is 5. The van der Waals surface area contributed by atoms with E-state index < -0.39 is 0 Å². The molecule has 4 heteroatoms. The number of halogens is 1. The minimum atomic E-state index is -0.0732.